The van der Waals surface area contributed by atoms with E-state index in [4.69, 9.17) is 27.9 Å². The fourth-order valence-electron chi connectivity index (χ4n) is 3.17. The molecule has 1 heterocycles. The fraction of sp³-hybridized carbons (Fsp3) is 0.0833. The number of ether oxygens (including phenoxy) is 1. The smallest absolute Gasteiger partial charge is 0.329 e. The van der Waals surface area contributed by atoms with E-state index in [1.54, 1.807) is 18.2 Å². The minimum Gasteiger partial charge on any atom is -0.488 e. The van der Waals surface area contributed by atoms with Crippen LogP contribution in [0.2, 0.25) is 10.0 Å². The van der Waals surface area contributed by atoms with E-state index in [0.717, 1.165) is 20.3 Å². The molecule has 1 aliphatic heterocycles. The minimum atomic E-state index is -0.431. The van der Waals surface area contributed by atoms with Crippen molar-refractivity contribution >= 4 is 63.8 Å². The third-order valence-corrected chi connectivity index (χ3v) is 6.24. The molecule has 0 radical (unpaired) electrons. The monoisotopic (exact) mass is 578 g/mol. The summed E-state index contributed by atoms with van der Waals surface area (Å²) >= 11 is 14.3. The highest BCUT2D eigenvalue weighted by Crippen LogP contribution is 2.27. The van der Waals surface area contributed by atoms with Gasteiger partial charge in [-0.15, -0.1) is 0 Å². The summed E-state index contributed by atoms with van der Waals surface area (Å²) in [5.74, 6) is 0.331. The molecular formula is C24H17Cl2IN2O3. The standard InChI is InChI=1S/C24H17Cl2IN2O3/c25-18-8-7-17(19(26)12-18)14-32-22-9-6-16(10-20(22)27)11-21-23(30)29(24(31)28-21)13-15-4-2-1-3-5-15/h1-12H,13-14H2,(H,28,31)/b21-11+. The van der Waals surface area contributed by atoms with Crippen molar-refractivity contribution in [3.63, 3.8) is 0 Å². The van der Waals surface area contributed by atoms with Gasteiger partial charge in [0, 0.05) is 15.6 Å². The number of halogens is 3. The van der Waals surface area contributed by atoms with E-state index in [2.05, 4.69) is 27.9 Å². The molecule has 0 saturated carbocycles. The van der Waals surface area contributed by atoms with Gasteiger partial charge >= 0.3 is 6.03 Å². The van der Waals surface area contributed by atoms with Gasteiger partial charge in [-0.3, -0.25) is 9.69 Å². The summed E-state index contributed by atoms with van der Waals surface area (Å²) in [6.07, 6.45) is 1.66. The number of rotatable bonds is 6. The number of hydrogen-bond acceptors (Lipinski definition) is 3. The first-order valence-electron chi connectivity index (χ1n) is 9.65. The summed E-state index contributed by atoms with van der Waals surface area (Å²) < 4.78 is 6.75. The summed E-state index contributed by atoms with van der Waals surface area (Å²) in [6.45, 7) is 0.524. The Bertz CT molecular complexity index is 1220. The Hall–Kier alpha value is -2.55. The van der Waals surface area contributed by atoms with Gasteiger partial charge in [-0.2, -0.15) is 0 Å². The number of carbonyl (C=O) groups is 2. The lowest BCUT2D eigenvalue weighted by Gasteiger charge is -2.11. The van der Waals surface area contributed by atoms with E-state index in [0.29, 0.717) is 22.4 Å². The lowest BCUT2D eigenvalue weighted by atomic mass is 10.1. The SMILES string of the molecule is O=C1N/C(=C/c2ccc(OCc3ccc(Cl)cc3Cl)c(I)c2)C(=O)N1Cc1ccccc1. The first-order chi connectivity index (χ1) is 15.4. The van der Waals surface area contributed by atoms with Crippen LogP contribution < -0.4 is 10.1 Å². The van der Waals surface area contributed by atoms with Crippen LogP contribution in [0.3, 0.4) is 0 Å². The summed E-state index contributed by atoms with van der Waals surface area (Å²) in [5, 5.41) is 3.77. The van der Waals surface area contributed by atoms with Crippen molar-refractivity contribution < 1.29 is 14.3 Å². The average molecular weight is 579 g/mol. The van der Waals surface area contributed by atoms with Crippen molar-refractivity contribution in [1.29, 1.82) is 0 Å². The number of imide groups is 1. The highest BCUT2D eigenvalue weighted by atomic mass is 127. The molecule has 1 saturated heterocycles. The van der Waals surface area contributed by atoms with Crippen LogP contribution in [-0.4, -0.2) is 16.8 Å². The minimum absolute atomic E-state index is 0.223. The third kappa shape index (κ3) is 5.26. The van der Waals surface area contributed by atoms with E-state index >= 15 is 0 Å². The first kappa shape index (κ1) is 22.6. The second kappa shape index (κ2) is 9.94. The topological polar surface area (TPSA) is 58.6 Å². The van der Waals surface area contributed by atoms with E-state index < -0.39 is 6.03 Å². The molecule has 3 aromatic carbocycles. The van der Waals surface area contributed by atoms with Crippen molar-refractivity contribution in [3.05, 3.63) is 103 Å². The summed E-state index contributed by atoms with van der Waals surface area (Å²) in [4.78, 5) is 26.2. The maximum absolute atomic E-state index is 12.7. The predicted molar refractivity (Wildman–Crippen MR) is 133 cm³/mol. The third-order valence-electron chi connectivity index (χ3n) is 4.81. The molecule has 0 aromatic heterocycles. The Morgan fingerprint density at radius 3 is 2.50 bits per heavy atom. The molecule has 0 unspecified atom stereocenters. The first-order valence-corrected chi connectivity index (χ1v) is 11.5. The van der Waals surface area contributed by atoms with E-state index in [9.17, 15) is 9.59 Å². The molecule has 1 N–H and O–H groups in total. The number of nitrogens with one attached hydrogen (secondary N) is 1. The molecule has 162 valence electrons. The Kier molecular flexibility index (Phi) is 7.03. The normalized spacial score (nSPS) is 14.7. The van der Waals surface area contributed by atoms with Crippen molar-refractivity contribution in [2.24, 2.45) is 0 Å². The zero-order valence-corrected chi connectivity index (χ0v) is 20.3. The highest BCUT2D eigenvalue weighted by Gasteiger charge is 2.33. The van der Waals surface area contributed by atoms with Crippen LogP contribution in [0, 0.1) is 3.57 Å². The van der Waals surface area contributed by atoms with E-state index in [1.807, 2.05) is 54.6 Å². The lowest BCUT2D eigenvalue weighted by Crippen LogP contribution is -2.30. The van der Waals surface area contributed by atoms with Gasteiger partial charge in [0.25, 0.3) is 5.91 Å². The van der Waals surface area contributed by atoms with Crippen LogP contribution in [0.1, 0.15) is 16.7 Å². The molecule has 1 aliphatic rings. The maximum atomic E-state index is 12.7. The van der Waals surface area contributed by atoms with Gasteiger partial charge in [0.15, 0.2) is 0 Å². The van der Waals surface area contributed by atoms with Gasteiger partial charge in [-0.1, -0.05) is 65.7 Å². The molecular weight excluding hydrogens is 562 g/mol. The van der Waals surface area contributed by atoms with Gasteiger partial charge < -0.3 is 10.1 Å². The summed E-state index contributed by atoms with van der Waals surface area (Å²) in [7, 11) is 0. The molecule has 0 bridgehead atoms. The molecule has 0 spiro atoms. The molecule has 4 rings (SSSR count). The molecule has 1 fully saturated rings. The highest BCUT2D eigenvalue weighted by molar-refractivity contribution is 14.1. The van der Waals surface area contributed by atoms with Gasteiger partial charge in [0.05, 0.1) is 10.1 Å². The maximum Gasteiger partial charge on any atom is 0.329 e. The Balaban J connectivity index is 1.45. The number of hydrogen-bond donors (Lipinski definition) is 1. The van der Waals surface area contributed by atoms with E-state index in [-0.39, 0.29) is 18.1 Å². The second-order valence-corrected chi connectivity index (χ2v) is 9.09. The molecule has 0 aliphatic carbocycles. The van der Waals surface area contributed by atoms with Gasteiger partial charge in [0.2, 0.25) is 0 Å². The zero-order chi connectivity index (χ0) is 22.7. The molecule has 8 heteroatoms. The average Bonchev–Trinajstić information content (AvgIpc) is 3.02. The number of nitrogens with zero attached hydrogens (tertiary/aromatic N) is 1. The van der Waals surface area contributed by atoms with Crippen LogP contribution in [-0.2, 0) is 17.9 Å². The van der Waals surface area contributed by atoms with Crippen LogP contribution in [0.4, 0.5) is 4.79 Å². The number of benzene rings is 3. The van der Waals surface area contributed by atoms with Gasteiger partial charge in [0.1, 0.15) is 18.1 Å². The van der Waals surface area contributed by atoms with Crippen LogP contribution in [0.25, 0.3) is 6.08 Å². The number of urea groups is 1. The predicted octanol–water partition coefficient (Wildman–Crippen LogP) is 6.27. The Morgan fingerprint density at radius 2 is 1.78 bits per heavy atom. The van der Waals surface area contributed by atoms with Crippen LogP contribution >= 0.6 is 45.8 Å². The second-order valence-electron chi connectivity index (χ2n) is 7.08. The van der Waals surface area contributed by atoms with Crippen molar-refractivity contribution in [3.8, 4) is 5.75 Å². The van der Waals surface area contributed by atoms with Crippen molar-refractivity contribution in [2.75, 3.05) is 0 Å². The van der Waals surface area contributed by atoms with E-state index in [1.165, 1.54) is 4.90 Å². The largest absolute Gasteiger partial charge is 0.488 e. The zero-order valence-electron chi connectivity index (χ0n) is 16.6. The lowest BCUT2D eigenvalue weighted by molar-refractivity contribution is -0.123. The molecule has 3 amide bonds. The number of amides is 3. The quantitative estimate of drug-likeness (QED) is 0.213. The number of carbonyl (C=O) groups excluding carboxylic acids is 2. The molecule has 3 aromatic rings. The van der Waals surface area contributed by atoms with Crippen molar-refractivity contribution in [2.45, 2.75) is 13.2 Å². The molecule has 0 atom stereocenters. The van der Waals surface area contributed by atoms with Gasteiger partial charge in [-0.25, -0.2) is 4.79 Å². The Morgan fingerprint density at radius 1 is 1.00 bits per heavy atom. The summed E-state index contributed by atoms with van der Waals surface area (Å²) in [5.41, 5.74) is 2.73. The van der Waals surface area contributed by atoms with Crippen LogP contribution in [0.15, 0.2) is 72.4 Å². The Labute approximate surface area is 209 Å². The fourth-order valence-corrected chi connectivity index (χ4v) is 4.32. The van der Waals surface area contributed by atoms with Crippen molar-refractivity contribution in [1.82, 2.24) is 10.2 Å². The van der Waals surface area contributed by atoms with Crippen LogP contribution in [0.5, 0.6) is 5.75 Å². The summed E-state index contributed by atoms with van der Waals surface area (Å²) in [6, 6.07) is 19.7. The molecule has 5 nitrogen and oxygen atoms in total. The molecule has 32 heavy (non-hydrogen) atoms. The van der Waals surface area contributed by atoms with Gasteiger partial charge in [-0.05, 0) is 64.1 Å².